The molecular weight excluding hydrogens is 242 g/mol. The van der Waals surface area contributed by atoms with Gasteiger partial charge in [-0.2, -0.15) is 0 Å². The first-order chi connectivity index (χ1) is 9.01. The number of amides is 1. The number of rotatable bonds is 8. The Bertz CT molecular complexity index is 278. The molecule has 3 N–H and O–H groups in total. The number of carbonyl (C=O) groups excluding carboxylic acids is 1. The lowest BCUT2D eigenvalue weighted by Crippen LogP contribution is -2.51. The maximum Gasteiger partial charge on any atom is 0.237 e. The van der Waals surface area contributed by atoms with E-state index in [0.717, 1.165) is 51.7 Å². The maximum absolute atomic E-state index is 11.4. The highest BCUT2D eigenvalue weighted by Crippen LogP contribution is 2.16. The molecule has 0 spiro atoms. The number of likely N-dealkylation sites (tertiary alicyclic amines) is 1. The van der Waals surface area contributed by atoms with Crippen LogP contribution in [0.1, 0.15) is 39.0 Å². The monoisotopic (exact) mass is 271 g/mol. The number of carbonyl (C=O) groups is 1. The summed E-state index contributed by atoms with van der Waals surface area (Å²) in [4.78, 5) is 13.8. The van der Waals surface area contributed by atoms with Crippen molar-refractivity contribution in [3.63, 3.8) is 0 Å². The molecule has 1 aliphatic heterocycles. The number of unbranched alkanes of at least 4 members (excludes halogenated alkanes) is 1. The van der Waals surface area contributed by atoms with Gasteiger partial charge in [-0.1, -0.05) is 0 Å². The second-order valence-electron chi connectivity index (χ2n) is 5.68. The Kier molecular flexibility index (Phi) is 6.75. The van der Waals surface area contributed by atoms with E-state index in [1.165, 1.54) is 0 Å². The number of nitrogens with one attached hydrogen (secondary N) is 1. The minimum Gasteiger partial charge on any atom is -0.381 e. The Labute approximate surface area is 116 Å². The summed E-state index contributed by atoms with van der Waals surface area (Å²) in [7, 11) is 3.59. The summed E-state index contributed by atoms with van der Waals surface area (Å²) < 4.78 is 5.36. The van der Waals surface area contributed by atoms with Crippen molar-refractivity contribution in [3.05, 3.63) is 0 Å². The minimum absolute atomic E-state index is 0.268. The van der Waals surface area contributed by atoms with Gasteiger partial charge in [0.05, 0.1) is 11.6 Å². The van der Waals surface area contributed by atoms with Gasteiger partial charge in [0.1, 0.15) is 0 Å². The molecule has 19 heavy (non-hydrogen) atoms. The van der Waals surface area contributed by atoms with Gasteiger partial charge >= 0.3 is 0 Å². The molecule has 0 aromatic heterocycles. The summed E-state index contributed by atoms with van der Waals surface area (Å²) in [6, 6.07) is 0. The van der Waals surface area contributed by atoms with E-state index in [-0.39, 0.29) is 5.91 Å². The van der Waals surface area contributed by atoms with Gasteiger partial charge in [0.25, 0.3) is 0 Å². The first-order valence-corrected chi connectivity index (χ1v) is 7.26. The van der Waals surface area contributed by atoms with Crippen molar-refractivity contribution in [1.29, 1.82) is 0 Å². The molecule has 0 aliphatic carbocycles. The van der Waals surface area contributed by atoms with Crippen LogP contribution in [0.3, 0.4) is 0 Å². The molecule has 1 heterocycles. The standard InChI is InChI=1S/C14H29N3O2/c1-14(16-2,13(15)18)8-4-5-9-17-10-6-12(19-3)7-11-17/h12,16H,4-11H2,1-3H3,(H2,15,18). The van der Waals surface area contributed by atoms with E-state index in [9.17, 15) is 4.79 Å². The van der Waals surface area contributed by atoms with Crippen LogP contribution < -0.4 is 11.1 Å². The number of ether oxygens (including phenoxy) is 1. The fourth-order valence-corrected chi connectivity index (χ4v) is 2.55. The van der Waals surface area contributed by atoms with Crippen molar-refractivity contribution in [2.75, 3.05) is 33.8 Å². The Morgan fingerprint density at radius 2 is 2.05 bits per heavy atom. The molecule has 0 aromatic carbocycles. The number of nitrogens with zero attached hydrogens (tertiary/aromatic N) is 1. The predicted octanol–water partition coefficient (Wildman–Crippen LogP) is 0.731. The average Bonchev–Trinajstić information content (AvgIpc) is 2.43. The first-order valence-electron chi connectivity index (χ1n) is 7.26. The molecular formula is C14H29N3O2. The number of hydrogen-bond donors (Lipinski definition) is 2. The molecule has 0 aromatic rings. The van der Waals surface area contributed by atoms with Crippen LogP contribution in [0.4, 0.5) is 0 Å². The normalized spacial score (nSPS) is 21.2. The van der Waals surface area contributed by atoms with Gasteiger partial charge in [0, 0.05) is 20.2 Å². The number of piperidine rings is 1. The Balaban J connectivity index is 2.16. The Morgan fingerprint density at radius 1 is 1.42 bits per heavy atom. The topological polar surface area (TPSA) is 67.6 Å². The zero-order valence-electron chi connectivity index (χ0n) is 12.6. The van der Waals surface area contributed by atoms with Crippen molar-refractivity contribution in [2.24, 2.45) is 5.73 Å². The quantitative estimate of drug-likeness (QED) is 0.639. The molecule has 1 saturated heterocycles. The molecule has 1 atom stereocenters. The molecule has 1 amide bonds. The van der Waals surface area contributed by atoms with Crippen molar-refractivity contribution in [1.82, 2.24) is 10.2 Å². The van der Waals surface area contributed by atoms with Gasteiger partial charge in [0.2, 0.25) is 5.91 Å². The van der Waals surface area contributed by atoms with Crippen LogP contribution in [0, 0.1) is 0 Å². The van der Waals surface area contributed by atoms with Gasteiger partial charge in [-0.15, -0.1) is 0 Å². The summed E-state index contributed by atoms with van der Waals surface area (Å²) >= 11 is 0. The Morgan fingerprint density at radius 3 is 2.53 bits per heavy atom. The number of primary amides is 1. The van der Waals surface area contributed by atoms with E-state index in [2.05, 4.69) is 10.2 Å². The van der Waals surface area contributed by atoms with Crippen LogP contribution in [0.15, 0.2) is 0 Å². The average molecular weight is 271 g/mol. The molecule has 1 fully saturated rings. The zero-order chi connectivity index (χ0) is 14.3. The van der Waals surface area contributed by atoms with Crippen molar-refractivity contribution < 1.29 is 9.53 Å². The van der Waals surface area contributed by atoms with Gasteiger partial charge in [-0.25, -0.2) is 0 Å². The number of methoxy groups -OCH3 is 1. The smallest absolute Gasteiger partial charge is 0.237 e. The summed E-state index contributed by atoms with van der Waals surface area (Å²) in [5, 5.41) is 3.03. The van der Waals surface area contributed by atoms with E-state index in [1.807, 2.05) is 6.92 Å². The highest BCUT2D eigenvalue weighted by molar-refractivity contribution is 5.84. The fourth-order valence-electron chi connectivity index (χ4n) is 2.55. The maximum atomic E-state index is 11.4. The second kappa shape index (κ2) is 7.82. The summed E-state index contributed by atoms with van der Waals surface area (Å²) in [6.45, 7) is 5.23. The van der Waals surface area contributed by atoms with Gasteiger partial charge in [-0.05, 0) is 52.6 Å². The third-order valence-electron chi connectivity index (χ3n) is 4.36. The molecule has 5 heteroatoms. The van der Waals surface area contributed by atoms with Crippen molar-refractivity contribution >= 4 is 5.91 Å². The summed E-state index contributed by atoms with van der Waals surface area (Å²) in [5.74, 6) is -0.268. The molecule has 0 saturated carbocycles. The van der Waals surface area contributed by atoms with E-state index < -0.39 is 5.54 Å². The van der Waals surface area contributed by atoms with Crippen LogP contribution >= 0.6 is 0 Å². The molecule has 1 unspecified atom stereocenters. The molecule has 1 rings (SSSR count). The van der Waals surface area contributed by atoms with Gasteiger partial charge in [-0.3, -0.25) is 4.79 Å². The van der Waals surface area contributed by atoms with Crippen LogP contribution in [0.5, 0.6) is 0 Å². The Hall–Kier alpha value is -0.650. The summed E-state index contributed by atoms with van der Waals surface area (Å²) in [6.07, 6.45) is 5.64. The lowest BCUT2D eigenvalue weighted by atomic mass is 9.94. The molecule has 112 valence electrons. The number of likely N-dealkylation sites (N-methyl/N-ethyl adjacent to an activating group) is 1. The van der Waals surface area contributed by atoms with E-state index in [1.54, 1.807) is 14.2 Å². The van der Waals surface area contributed by atoms with E-state index in [0.29, 0.717) is 6.10 Å². The second-order valence-corrected chi connectivity index (χ2v) is 5.68. The highest BCUT2D eigenvalue weighted by atomic mass is 16.5. The van der Waals surface area contributed by atoms with Crippen LogP contribution in [-0.4, -0.2) is 56.2 Å². The lowest BCUT2D eigenvalue weighted by Gasteiger charge is -2.31. The zero-order valence-corrected chi connectivity index (χ0v) is 12.6. The predicted molar refractivity (Wildman–Crippen MR) is 77.0 cm³/mol. The number of hydrogen-bond acceptors (Lipinski definition) is 4. The van der Waals surface area contributed by atoms with Crippen LogP contribution in [-0.2, 0) is 9.53 Å². The third kappa shape index (κ3) is 5.09. The SMILES string of the molecule is CNC(C)(CCCCN1CCC(OC)CC1)C(N)=O. The van der Waals surface area contributed by atoms with Crippen molar-refractivity contribution in [3.8, 4) is 0 Å². The van der Waals surface area contributed by atoms with E-state index in [4.69, 9.17) is 10.5 Å². The van der Waals surface area contributed by atoms with E-state index >= 15 is 0 Å². The number of nitrogens with two attached hydrogens (primary N) is 1. The highest BCUT2D eigenvalue weighted by Gasteiger charge is 2.28. The van der Waals surface area contributed by atoms with Crippen LogP contribution in [0.25, 0.3) is 0 Å². The first kappa shape index (κ1) is 16.4. The molecule has 0 radical (unpaired) electrons. The largest absolute Gasteiger partial charge is 0.381 e. The van der Waals surface area contributed by atoms with Crippen molar-refractivity contribution in [2.45, 2.75) is 50.7 Å². The van der Waals surface area contributed by atoms with Gasteiger partial charge in [0.15, 0.2) is 0 Å². The molecule has 5 nitrogen and oxygen atoms in total. The molecule has 0 bridgehead atoms. The lowest BCUT2D eigenvalue weighted by molar-refractivity contribution is -0.123. The van der Waals surface area contributed by atoms with Crippen LogP contribution in [0.2, 0.25) is 0 Å². The van der Waals surface area contributed by atoms with Gasteiger partial charge < -0.3 is 20.7 Å². The third-order valence-corrected chi connectivity index (χ3v) is 4.36. The fraction of sp³-hybridized carbons (Fsp3) is 0.929. The molecule has 1 aliphatic rings. The minimum atomic E-state index is -0.566. The summed E-state index contributed by atoms with van der Waals surface area (Å²) in [5.41, 5.74) is 4.84.